The number of halogens is 4. The molecule has 3 rings (SSSR count). The lowest BCUT2D eigenvalue weighted by molar-refractivity contribution is -0.140. The maximum Gasteiger partial charge on any atom is 0.419 e. The minimum absolute atomic E-state index is 0.0567. The van der Waals surface area contributed by atoms with Crippen LogP contribution in [-0.2, 0) is 17.4 Å². The topological polar surface area (TPSA) is 96.9 Å². The summed E-state index contributed by atoms with van der Waals surface area (Å²) in [5.74, 6) is -2.72. The first-order valence-corrected chi connectivity index (χ1v) is 8.79. The minimum Gasteiger partial charge on any atom is -0.326 e. The van der Waals surface area contributed by atoms with Gasteiger partial charge < -0.3 is 5.32 Å². The highest BCUT2D eigenvalue weighted by Gasteiger charge is 2.34. The smallest absolute Gasteiger partial charge is 0.326 e. The molecule has 0 saturated heterocycles. The van der Waals surface area contributed by atoms with E-state index in [2.05, 4.69) is 25.6 Å². The number of carbonyl (C=O) groups is 2. The molecule has 0 unspecified atom stereocenters. The second-order valence-corrected chi connectivity index (χ2v) is 6.45. The van der Waals surface area contributed by atoms with Crippen LogP contribution in [0.15, 0.2) is 42.0 Å². The summed E-state index contributed by atoms with van der Waals surface area (Å²) in [5.41, 5.74) is -1.39. The fourth-order valence-corrected chi connectivity index (χ4v) is 2.91. The molecule has 2 N–H and O–H groups in total. The number of hydrogen-bond donors (Lipinski definition) is 2. The number of hydrogen-bond acceptors (Lipinski definition) is 6. The van der Waals surface area contributed by atoms with Gasteiger partial charge in [0.15, 0.2) is 5.13 Å². The maximum atomic E-state index is 13.3. The first-order valence-electron chi connectivity index (χ1n) is 7.92. The average molecular weight is 425 g/mol. The van der Waals surface area contributed by atoms with Gasteiger partial charge in [0.25, 0.3) is 5.91 Å². The van der Waals surface area contributed by atoms with E-state index >= 15 is 0 Å². The SMILES string of the molecule is O=C(Cc1csc(NC(=O)c2ncccn2)n1)Nc1ccc(F)c(C(F)(F)F)c1. The Kier molecular flexibility index (Phi) is 5.82. The molecule has 0 fully saturated rings. The number of alkyl halides is 3. The number of amides is 2. The summed E-state index contributed by atoms with van der Waals surface area (Å²) in [7, 11) is 0. The molecule has 2 amide bonds. The number of carbonyl (C=O) groups excluding carboxylic acids is 2. The first-order chi connectivity index (χ1) is 13.7. The quantitative estimate of drug-likeness (QED) is 0.610. The van der Waals surface area contributed by atoms with Crippen LogP contribution in [0.5, 0.6) is 0 Å². The molecule has 7 nitrogen and oxygen atoms in total. The zero-order chi connectivity index (χ0) is 21.0. The molecule has 0 saturated carbocycles. The molecular formula is C17H11F4N5O2S. The van der Waals surface area contributed by atoms with Gasteiger partial charge in [-0.05, 0) is 24.3 Å². The zero-order valence-corrected chi connectivity index (χ0v) is 15.1. The highest BCUT2D eigenvalue weighted by Crippen LogP contribution is 2.33. The Morgan fingerprint density at radius 2 is 1.83 bits per heavy atom. The first kappa shape index (κ1) is 20.3. The van der Waals surface area contributed by atoms with E-state index in [1.807, 2.05) is 0 Å². The minimum atomic E-state index is -4.88. The summed E-state index contributed by atoms with van der Waals surface area (Å²) < 4.78 is 51.5. The van der Waals surface area contributed by atoms with Crippen LogP contribution in [0.3, 0.4) is 0 Å². The van der Waals surface area contributed by atoms with Crippen LogP contribution in [0.4, 0.5) is 28.4 Å². The maximum absolute atomic E-state index is 13.3. The molecule has 0 aliphatic heterocycles. The third-order valence-corrected chi connectivity index (χ3v) is 4.24. The second kappa shape index (κ2) is 8.31. The molecule has 0 atom stereocenters. The molecule has 0 bridgehead atoms. The van der Waals surface area contributed by atoms with Crippen LogP contribution < -0.4 is 10.6 Å². The standard InChI is InChI=1S/C17H11F4N5O2S/c18-12-3-2-9(6-11(12)17(19,20)21)24-13(27)7-10-8-29-16(25-10)26-15(28)14-22-4-1-5-23-14/h1-6,8H,7H2,(H,24,27)(H,25,26,28). The molecule has 1 aromatic carbocycles. The number of anilines is 2. The molecule has 3 aromatic rings. The number of nitrogens with zero attached hydrogens (tertiary/aromatic N) is 3. The second-order valence-electron chi connectivity index (χ2n) is 5.59. The molecule has 0 radical (unpaired) electrons. The summed E-state index contributed by atoms with van der Waals surface area (Å²) in [6.45, 7) is 0. The molecule has 12 heteroatoms. The van der Waals surface area contributed by atoms with Gasteiger partial charge in [-0.25, -0.2) is 19.3 Å². The number of thiazole rings is 1. The Bertz CT molecular complexity index is 1040. The molecular weight excluding hydrogens is 414 g/mol. The van der Waals surface area contributed by atoms with Crippen LogP contribution in [0.1, 0.15) is 21.9 Å². The van der Waals surface area contributed by atoms with Crippen molar-refractivity contribution in [2.45, 2.75) is 12.6 Å². The fraction of sp³-hybridized carbons (Fsp3) is 0.118. The van der Waals surface area contributed by atoms with E-state index < -0.39 is 29.4 Å². The van der Waals surface area contributed by atoms with Gasteiger partial charge in [-0.2, -0.15) is 13.2 Å². The molecule has 0 spiro atoms. The number of rotatable bonds is 5. The Labute approximate surface area is 164 Å². The summed E-state index contributed by atoms with van der Waals surface area (Å²) in [4.78, 5) is 35.6. The summed E-state index contributed by atoms with van der Waals surface area (Å²) in [6, 6.07) is 3.71. The number of benzene rings is 1. The van der Waals surface area contributed by atoms with Crippen LogP contribution >= 0.6 is 11.3 Å². The van der Waals surface area contributed by atoms with E-state index in [0.29, 0.717) is 12.1 Å². The van der Waals surface area contributed by atoms with Crippen molar-refractivity contribution >= 4 is 34.0 Å². The predicted molar refractivity (Wildman–Crippen MR) is 95.8 cm³/mol. The normalized spacial score (nSPS) is 11.2. The van der Waals surface area contributed by atoms with E-state index in [0.717, 1.165) is 17.4 Å². The third kappa shape index (κ3) is 5.31. The Morgan fingerprint density at radius 3 is 2.52 bits per heavy atom. The van der Waals surface area contributed by atoms with Gasteiger partial charge in [-0.3, -0.25) is 14.9 Å². The van der Waals surface area contributed by atoms with Crippen LogP contribution in [0, 0.1) is 5.82 Å². The van der Waals surface area contributed by atoms with Crippen LogP contribution in [0.2, 0.25) is 0 Å². The highest BCUT2D eigenvalue weighted by atomic mass is 32.1. The third-order valence-electron chi connectivity index (χ3n) is 3.44. The summed E-state index contributed by atoms with van der Waals surface area (Å²) in [5, 5.41) is 6.44. The lowest BCUT2D eigenvalue weighted by Crippen LogP contribution is -2.17. The average Bonchev–Trinajstić information content (AvgIpc) is 3.09. The van der Waals surface area contributed by atoms with Crippen molar-refractivity contribution in [3.8, 4) is 0 Å². The van der Waals surface area contributed by atoms with E-state index in [-0.39, 0.29) is 28.8 Å². The van der Waals surface area contributed by atoms with E-state index in [1.165, 1.54) is 17.8 Å². The van der Waals surface area contributed by atoms with Crippen molar-refractivity contribution in [1.82, 2.24) is 15.0 Å². The van der Waals surface area contributed by atoms with Gasteiger partial charge in [0.2, 0.25) is 11.7 Å². The van der Waals surface area contributed by atoms with Gasteiger partial charge in [0.05, 0.1) is 17.7 Å². The van der Waals surface area contributed by atoms with Gasteiger partial charge in [-0.15, -0.1) is 11.3 Å². The van der Waals surface area contributed by atoms with Crippen molar-refractivity contribution in [2.24, 2.45) is 0 Å². The number of nitrogens with one attached hydrogen (secondary N) is 2. The van der Waals surface area contributed by atoms with E-state index in [9.17, 15) is 27.2 Å². The molecule has 2 aromatic heterocycles. The monoisotopic (exact) mass is 425 g/mol. The van der Waals surface area contributed by atoms with E-state index in [4.69, 9.17) is 0 Å². The van der Waals surface area contributed by atoms with Crippen molar-refractivity contribution in [3.63, 3.8) is 0 Å². The summed E-state index contributed by atoms with van der Waals surface area (Å²) in [6.07, 6.45) is -2.33. The molecule has 150 valence electrons. The van der Waals surface area contributed by atoms with Gasteiger partial charge >= 0.3 is 6.18 Å². The summed E-state index contributed by atoms with van der Waals surface area (Å²) >= 11 is 1.05. The lowest BCUT2D eigenvalue weighted by atomic mass is 10.1. The lowest BCUT2D eigenvalue weighted by Gasteiger charge is -2.10. The highest BCUT2D eigenvalue weighted by molar-refractivity contribution is 7.14. The van der Waals surface area contributed by atoms with Crippen LogP contribution in [-0.4, -0.2) is 26.8 Å². The van der Waals surface area contributed by atoms with E-state index in [1.54, 1.807) is 6.07 Å². The van der Waals surface area contributed by atoms with Crippen molar-refractivity contribution in [3.05, 3.63) is 64.9 Å². The Balaban J connectivity index is 1.61. The molecule has 2 heterocycles. The fourth-order valence-electron chi connectivity index (χ4n) is 2.20. The van der Waals surface area contributed by atoms with Gasteiger partial charge in [0.1, 0.15) is 5.82 Å². The zero-order valence-electron chi connectivity index (χ0n) is 14.3. The van der Waals surface area contributed by atoms with Crippen molar-refractivity contribution in [1.29, 1.82) is 0 Å². The van der Waals surface area contributed by atoms with Crippen molar-refractivity contribution < 1.29 is 27.2 Å². The largest absolute Gasteiger partial charge is 0.419 e. The predicted octanol–water partition coefficient (Wildman–Crippen LogP) is 3.52. The molecule has 29 heavy (non-hydrogen) atoms. The van der Waals surface area contributed by atoms with Gasteiger partial charge in [-0.1, -0.05) is 0 Å². The Morgan fingerprint density at radius 1 is 1.10 bits per heavy atom. The Hall–Kier alpha value is -3.41. The van der Waals surface area contributed by atoms with Crippen LogP contribution in [0.25, 0.3) is 0 Å². The number of aromatic nitrogens is 3. The van der Waals surface area contributed by atoms with Crippen molar-refractivity contribution in [2.75, 3.05) is 10.6 Å². The molecule has 0 aliphatic carbocycles. The molecule has 0 aliphatic rings. The van der Waals surface area contributed by atoms with Gasteiger partial charge in [0, 0.05) is 23.5 Å².